The van der Waals surface area contributed by atoms with Crippen LogP contribution < -0.4 is 26.4 Å². The summed E-state index contributed by atoms with van der Waals surface area (Å²) in [7, 11) is 2.04. The topological polar surface area (TPSA) is 49.7 Å². The maximum absolute atomic E-state index is 4.56. The summed E-state index contributed by atoms with van der Waals surface area (Å²) in [5.74, 6) is 0. The van der Waals surface area contributed by atoms with Crippen molar-refractivity contribution in [3.63, 3.8) is 0 Å². The van der Waals surface area contributed by atoms with Crippen LogP contribution in [0.25, 0.3) is 11.3 Å². The summed E-state index contributed by atoms with van der Waals surface area (Å²) >= 11 is 1.50. The minimum atomic E-state index is 0. The van der Waals surface area contributed by atoms with Gasteiger partial charge in [0.2, 0.25) is 11.5 Å². The summed E-state index contributed by atoms with van der Waals surface area (Å²) in [5.41, 5.74) is 4.03. The van der Waals surface area contributed by atoms with Crippen molar-refractivity contribution in [3.8, 4) is 11.3 Å². The largest absolute Gasteiger partial charge is 1.00 e. The number of benzene rings is 2. The van der Waals surface area contributed by atoms with Gasteiger partial charge in [-0.2, -0.15) is 0 Å². The van der Waals surface area contributed by atoms with Crippen LogP contribution in [0.1, 0.15) is 6.92 Å². The van der Waals surface area contributed by atoms with Crippen molar-refractivity contribution < 1.29 is 21.5 Å². The second-order valence-corrected chi connectivity index (χ2v) is 7.83. The number of rotatable bonds is 8. The first-order chi connectivity index (χ1) is 14.7. The highest BCUT2D eigenvalue weighted by molar-refractivity contribution is 7.13. The fraction of sp³-hybridized carbons (Fsp3) is 0.217. The molecule has 0 N–H and O–H groups in total. The molecule has 0 radical (unpaired) electrons. The molecule has 8 heteroatoms. The number of azo groups is 1. The number of anilines is 1. The van der Waals surface area contributed by atoms with Crippen molar-refractivity contribution in [3.05, 3.63) is 78.7 Å². The van der Waals surface area contributed by atoms with E-state index >= 15 is 0 Å². The minimum absolute atomic E-state index is 0. The van der Waals surface area contributed by atoms with E-state index in [-0.39, 0.29) is 17.0 Å². The molecule has 0 aliphatic carbocycles. The Hall–Kier alpha value is -2.84. The van der Waals surface area contributed by atoms with Gasteiger partial charge in [-0.3, -0.25) is 0 Å². The third kappa shape index (κ3) is 6.08. The Morgan fingerprint density at radius 2 is 1.84 bits per heavy atom. The molecule has 31 heavy (non-hydrogen) atoms. The van der Waals surface area contributed by atoms with Crippen LogP contribution in [-0.4, -0.2) is 22.6 Å². The average Bonchev–Trinajstić information content (AvgIpc) is 3.43. The zero-order chi connectivity index (χ0) is 20.8. The molecule has 0 saturated heterocycles. The van der Waals surface area contributed by atoms with Crippen molar-refractivity contribution in [2.45, 2.75) is 13.5 Å². The number of aryl methyl sites for hydroxylation is 1. The Balaban J connectivity index is 0.00000272. The lowest BCUT2D eigenvalue weighted by atomic mass is 10.2. The van der Waals surface area contributed by atoms with Gasteiger partial charge >= 0.3 is 0 Å². The quantitative estimate of drug-likeness (QED) is 0.277. The van der Waals surface area contributed by atoms with E-state index in [4.69, 9.17) is 0 Å². The number of halogens is 1. The summed E-state index contributed by atoms with van der Waals surface area (Å²) in [6, 6.07) is 18.3. The normalized spacial score (nSPS) is 10.9. The van der Waals surface area contributed by atoms with Crippen molar-refractivity contribution in [1.82, 2.24) is 9.55 Å². The molecule has 2 heterocycles. The molecular weight excluding hydrogens is 472 g/mol. The van der Waals surface area contributed by atoms with Crippen LogP contribution in [0.3, 0.4) is 0 Å². The number of likely N-dealkylation sites (N-methyl/N-ethyl adjacent to an activating group) is 1. The average molecular weight is 497 g/mol. The SMILES string of the molecule is CCN(CCn1cc[n+](C)c1)c1ccc(/N=N/c2nc(-c3ccccc3)cs2)cc1.[Br-]. The van der Waals surface area contributed by atoms with Gasteiger partial charge < -0.3 is 21.9 Å². The van der Waals surface area contributed by atoms with E-state index in [0.29, 0.717) is 5.13 Å². The lowest BCUT2D eigenvalue weighted by molar-refractivity contribution is -0.671. The van der Waals surface area contributed by atoms with Crippen LogP contribution in [0.4, 0.5) is 16.5 Å². The molecule has 0 fully saturated rings. The standard InChI is InChI=1S/C23H25N6S.BrH/c1-3-29(16-15-28-14-13-27(2)18-28)21-11-9-20(10-12-21)25-26-23-24-22(17-30-23)19-7-5-4-6-8-19;/h4-14,17-18H,3,15-16H2,1-2H3;1H/q+1;/p-1/b26-25+;. The molecule has 0 aliphatic rings. The second kappa shape index (κ2) is 11.0. The monoisotopic (exact) mass is 496 g/mol. The third-order valence-corrected chi connectivity index (χ3v) is 5.59. The molecule has 6 nitrogen and oxygen atoms in total. The molecule has 2 aromatic heterocycles. The van der Waals surface area contributed by atoms with E-state index in [9.17, 15) is 0 Å². The molecule has 4 rings (SSSR count). The van der Waals surface area contributed by atoms with Crippen LogP contribution in [0.5, 0.6) is 0 Å². The molecule has 0 aliphatic heterocycles. The van der Waals surface area contributed by atoms with E-state index in [1.54, 1.807) is 0 Å². The maximum atomic E-state index is 4.56. The van der Waals surface area contributed by atoms with Crippen LogP contribution in [0.2, 0.25) is 0 Å². The highest BCUT2D eigenvalue weighted by atomic mass is 79.9. The molecule has 0 amide bonds. The summed E-state index contributed by atoms with van der Waals surface area (Å²) in [6.07, 6.45) is 6.25. The van der Waals surface area contributed by atoms with E-state index < -0.39 is 0 Å². The Morgan fingerprint density at radius 1 is 1.06 bits per heavy atom. The van der Waals surface area contributed by atoms with E-state index in [0.717, 1.165) is 36.6 Å². The predicted molar refractivity (Wildman–Crippen MR) is 122 cm³/mol. The van der Waals surface area contributed by atoms with Crippen LogP contribution in [-0.2, 0) is 13.6 Å². The zero-order valence-electron chi connectivity index (χ0n) is 17.6. The minimum Gasteiger partial charge on any atom is -1.00 e. The second-order valence-electron chi connectivity index (χ2n) is 6.99. The Kier molecular flexibility index (Phi) is 8.08. The summed E-state index contributed by atoms with van der Waals surface area (Å²) < 4.78 is 4.25. The predicted octanol–water partition coefficient (Wildman–Crippen LogP) is 2.38. The highest BCUT2D eigenvalue weighted by Gasteiger charge is 2.08. The summed E-state index contributed by atoms with van der Waals surface area (Å²) in [5, 5.41) is 11.3. The lowest BCUT2D eigenvalue weighted by Crippen LogP contribution is -3.00. The highest BCUT2D eigenvalue weighted by Crippen LogP contribution is 2.28. The van der Waals surface area contributed by atoms with E-state index in [1.165, 1.54) is 17.0 Å². The number of imidazole rings is 1. The van der Waals surface area contributed by atoms with Gasteiger partial charge in [0, 0.05) is 23.2 Å². The molecule has 0 spiro atoms. The van der Waals surface area contributed by atoms with E-state index in [1.807, 2.05) is 54.9 Å². The van der Waals surface area contributed by atoms with Gasteiger partial charge in [-0.25, -0.2) is 14.1 Å². The molecule has 4 aromatic rings. The first-order valence-electron chi connectivity index (χ1n) is 10.00. The van der Waals surface area contributed by atoms with Gasteiger partial charge in [-0.05, 0) is 31.2 Å². The lowest BCUT2D eigenvalue weighted by Gasteiger charge is -2.22. The Labute approximate surface area is 197 Å². The zero-order valence-corrected chi connectivity index (χ0v) is 20.0. The van der Waals surface area contributed by atoms with Gasteiger partial charge in [-0.1, -0.05) is 30.3 Å². The van der Waals surface area contributed by atoms with Gasteiger partial charge in [0.15, 0.2) is 0 Å². The number of nitrogens with zero attached hydrogens (tertiary/aromatic N) is 6. The smallest absolute Gasteiger partial charge is 0.243 e. The molecule has 0 unspecified atom stereocenters. The fourth-order valence-corrected chi connectivity index (χ4v) is 3.87. The van der Waals surface area contributed by atoms with Crippen LogP contribution in [0.15, 0.2) is 88.9 Å². The third-order valence-electron chi connectivity index (χ3n) is 4.86. The molecular formula is C23H25BrN6S. The van der Waals surface area contributed by atoms with Gasteiger partial charge in [0.1, 0.15) is 18.9 Å². The van der Waals surface area contributed by atoms with Crippen molar-refractivity contribution in [2.24, 2.45) is 17.3 Å². The Bertz CT molecular complexity index is 1100. The molecule has 0 bridgehead atoms. The molecule has 0 atom stereocenters. The molecule has 160 valence electrons. The van der Waals surface area contributed by atoms with Crippen molar-refractivity contribution >= 4 is 27.8 Å². The first kappa shape index (κ1) is 22.8. The van der Waals surface area contributed by atoms with Crippen molar-refractivity contribution in [2.75, 3.05) is 18.0 Å². The first-order valence-corrected chi connectivity index (χ1v) is 10.9. The van der Waals surface area contributed by atoms with Gasteiger partial charge in [0.05, 0.1) is 25.0 Å². The summed E-state index contributed by atoms with van der Waals surface area (Å²) in [6.45, 7) is 5.03. The number of hydrogen-bond donors (Lipinski definition) is 0. The van der Waals surface area contributed by atoms with Crippen LogP contribution >= 0.6 is 11.3 Å². The number of thiazole rings is 1. The molecule has 2 aromatic carbocycles. The Morgan fingerprint density at radius 3 is 2.52 bits per heavy atom. The number of hydrogen-bond acceptors (Lipinski definition) is 5. The van der Waals surface area contributed by atoms with Crippen LogP contribution in [0, 0.1) is 0 Å². The van der Waals surface area contributed by atoms with Crippen molar-refractivity contribution in [1.29, 1.82) is 0 Å². The van der Waals surface area contributed by atoms with Gasteiger partial charge in [0.25, 0.3) is 0 Å². The van der Waals surface area contributed by atoms with E-state index in [2.05, 4.69) is 67.0 Å². The van der Waals surface area contributed by atoms with Gasteiger partial charge in [-0.15, -0.1) is 21.6 Å². The molecule has 0 saturated carbocycles. The maximum Gasteiger partial charge on any atom is 0.243 e. The fourth-order valence-electron chi connectivity index (χ4n) is 3.22. The number of aromatic nitrogens is 3. The summed E-state index contributed by atoms with van der Waals surface area (Å²) in [4.78, 5) is 6.91.